The van der Waals surface area contributed by atoms with Gasteiger partial charge < -0.3 is 5.11 Å². The van der Waals surface area contributed by atoms with E-state index in [1.807, 2.05) is 0 Å². The van der Waals surface area contributed by atoms with E-state index in [0.717, 1.165) is 0 Å². The lowest BCUT2D eigenvalue weighted by molar-refractivity contribution is -0.385. The van der Waals surface area contributed by atoms with Crippen LogP contribution in [0.25, 0.3) is 0 Å². The molecule has 0 bridgehead atoms. The van der Waals surface area contributed by atoms with Gasteiger partial charge in [-0.2, -0.15) is 0 Å². The van der Waals surface area contributed by atoms with Gasteiger partial charge in [0, 0.05) is 22.4 Å². The standard InChI is InChI=1S/C12H15NO5S/c1-8(2)11(12(14)15)19(18)7-9-5-3-4-6-10(9)13(16)17/h3-6,8,11H,7H2,1-2H3,(H,14,15). The summed E-state index contributed by atoms with van der Waals surface area (Å²) >= 11 is 0. The van der Waals surface area contributed by atoms with Crippen molar-refractivity contribution < 1.29 is 19.0 Å². The summed E-state index contributed by atoms with van der Waals surface area (Å²) < 4.78 is 12.1. The van der Waals surface area contributed by atoms with Crippen molar-refractivity contribution in [2.45, 2.75) is 24.9 Å². The summed E-state index contributed by atoms with van der Waals surface area (Å²) in [6.07, 6.45) is 0. The lowest BCUT2D eigenvalue weighted by atomic mass is 10.1. The van der Waals surface area contributed by atoms with Crippen molar-refractivity contribution in [3.63, 3.8) is 0 Å². The number of para-hydroxylation sites is 1. The van der Waals surface area contributed by atoms with Crippen LogP contribution in [0.1, 0.15) is 19.4 Å². The van der Waals surface area contributed by atoms with E-state index in [1.54, 1.807) is 19.9 Å². The molecule has 0 spiro atoms. The van der Waals surface area contributed by atoms with E-state index in [2.05, 4.69) is 0 Å². The minimum Gasteiger partial charge on any atom is -0.480 e. The van der Waals surface area contributed by atoms with Gasteiger partial charge in [0.2, 0.25) is 0 Å². The predicted molar refractivity (Wildman–Crippen MR) is 71.2 cm³/mol. The largest absolute Gasteiger partial charge is 0.480 e. The Morgan fingerprint density at radius 3 is 2.47 bits per heavy atom. The van der Waals surface area contributed by atoms with Gasteiger partial charge in [0.15, 0.2) is 0 Å². The average Bonchev–Trinajstić information content (AvgIpc) is 2.27. The molecule has 0 saturated carbocycles. The molecule has 0 aromatic heterocycles. The van der Waals surface area contributed by atoms with Gasteiger partial charge in [0.25, 0.3) is 5.69 Å². The lowest BCUT2D eigenvalue weighted by Crippen LogP contribution is -2.31. The number of hydrogen-bond donors (Lipinski definition) is 1. The van der Waals surface area contributed by atoms with Crippen LogP contribution in [-0.4, -0.2) is 25.5 Å². The quantitative estimate of drug-likeness (QED) is 0.636. The number of aliphatic carboxylic acids is 1. The maximum absolute atomic E-state index is 12.1. The molecule has 7 heteroatoms. The molecule has 104 valence electrons. The Labute approximate surface area is 113 Å². The first-order chi connectivity index (χ1) is 8.84. The molecule has 2 atom stereocenters. The second-order valence-electron chi connectivity index (χ2n) is 4.41. The predicted octanol–water partition coefficient (Wildman–Crippen LogP) is 1.95. The van der Waals surface area contributed by atoms with Crippen molar-refractivity contribution in [3.05, 3.63) is 39.9 Å². The Morgan fingerprint density at radius 2 is 2.00 bits per heavy atom. The highest BCUT2D eigenvalue weighted by molar-refractivity contribution is 7.85. The summed E-state index contributed by atoms with van der Waals surface area (Å²) in [5.74, 6) is -1.58. The van der Waals surface area contributed by atoms with Gasteiger partial charge in [-0.05, 0) is 5.92 Å². The topological polar surface area (TPSA) is 97.5 Å². The van der Waals surface area contributed by atoms with E-state index >= 15 is 0 Å². The van der Waals surface area contributed by atoms with Crippen LogP contribution >= 0.6 is 0 Å². The zero-order valence-electron chi connectivity index (χ0n) is 10.6. The fraction of sp³-hybridized carbons (Fsp3) is 0.417. The van der Waals surface area contributed by atoms with Crippen LogP contribution in [0.4, 0.5) is 5.69 Å². The monoisotopic (exact) mass is 285 g/mol. The average molecular weight is 285 g/mol. The van der Waals surface area contributed by atoms with Crippen LogP contribution in [0.3, 0.4) is 0 Å². The number of nitrogens with zero attached hydrogens (tertiary/aromatic N) is 1. The Kier molecular flexibility index (Phi) is 5.17. The third-order valence-electron chi connectivity index (χ3n) is 2.62. The first kappa shape index (κ1) is 15.3. The van der Waals surface area contributed by atoms with Crippen LogP contribution in [0, 0.1) is 16.0 Å². The fourth-order valence-electron chi connectivity index (χ4n) is 1.76. The van der Waals surface area contributed by atoms with Crippen LogP contribution in [-0.2, 0) is 21.3 Å². The number of carboxylic acid groups (broad SMARTS) is 1. The first-order valence-corrected chi connectivity index (χ1v) is 7.05. The van der Waals surface area contributed by atoms with Crippen molar-refractivity contribution in [1.29, 1.82) is 0 Å². The van der Waals surface area contributed by atoms with Crippen LogP contribution < -0.4 is 0 Å². The van der Waals surface area contributed by atoms with Crippen molar-refractivity contribution in [3.8, 4) is 0 Å². The molecule has 19 heavy (non-hydrogen) atoms. The minimum atomic E-state index is -1.70. The summed E-state index contributed by atoms with van der Waals surface area (Å²) in [4.78, 5) is 21.3. The summed E-state index contributed by atoms with van der Waals surface area (Å²) in [5.41, 5.74) is 0.154. The van der Waals surface area contributed by atoms with Crippen molar-refractivity contribution in [2.24, 2.45) is 5.92 Å². The van der Waals surface area contributed by atoms with Crippen LogP contribution in [0.15, 0.2) is 24.3 Å². The number of carbonyl (C=O) groups is 1. The highest BCUT2D eigenvalue weighted by Crippen LogP contribution is 2.22. The molecule has 6 nitrogen and oxygen atoms in total. The number of hydrogen-bond acceptors (Lipinski definition) is 4. The number of nitro groups is 1. The summed E-state index contributed by atoms with van der Waals surface area (Å²) in [6, 6.07) is 5.93. The van der Waals surface area contributed by atoms with E-state index in [9.17, 15) is 19.1 Å². The van der Waals surface area contributed by atoms with Gasteiger partial charge in [0.05, 0.1) is 10.7 Å². The van der Waals surface area contributed by atoms with Gasteiger partial charge in [0.1, 0.15) is 5.25 Å². The summed E-state index contributed by atoms with van der Waals surface area (Å²) in [6.45, 7) is 3.33. The number of rotatable bonds is 6. The number of carboxylic acids is 1. The number of benzene rings is 1. The van der Waals surface area contributed by atoms with E-state index in [-0.39, 0.29) is 22.9 Å². The first-order valence-electron chi connectivity index (χ1n) is 5.67. The zero-order valence-corrected chi connectivity index (χ0v) is 11.4. The fourth-order valence-corrected chi connectivity index (χ4v) is 3.32. The van der Waals surface area contributed by atoms with Gasteiger partial charge in [-0.3, -0.25) is 19.1 Å². The van der Waals surface area contributed by atoms with Gasteiger partial charge in [-0.15, -0.1) is 0 Å². The van der Waals surface area contributed by atoms with E-state index < -0.39 is 26.9 Å². The molecule has 1 aromatic carbocycles. The maximum Gasteiger partial charge on any atom is 0.319 e. The molecular formula is C12H15NO5S. The Morgan fingerprint density at radius 1 is 1.42 bits per heavy atom. The van der Waals surface area contributed by atoms with E-state index in [0.29, 0.717) is 0 Å². The molecule has 0 aliphatic rings. The third kappa shape index (κ3) is 3.85. The van der Waals surface area contributed by atoms with Crippen molar-refractivity contribution in [2.75, 3.05) is 0 Å². The number of nitro benzene ring substituents is 1. The second-order valence-corrected chi connectivity index (χ2v) is 5.97. The molecule has 0 amide bonds. The van der Waals surface area contributed by atoms with Gasteiger partial charge in [-0.25, -0.2) is 0 Å². The molecule has 1 N–H and O–H groups in total. The van der Waals surface area contributed by atoms with Gasteiger partial charge in [-0.1, -0.05) is 32.0 Å². The SMILES string of the molecule is CC(C)C(C(=O)O)S(=O)Cc1ccccc1[N+](=O)[O-]. The Bertz CT molecular complexity index is 515. The second kappa shape index (κ2) is 6.42. The smallest absolute Gasteiger partial charge is 0.319 e. The van der Waals surface area contributed by atoms with E-state index in [4.69, 9.17) is 5.11 Å². The van der Waals surface area contributed by atoms with Crippen LogP contribution in [0.5, 0.6) is 0 Å². The third-order valence-corrected chi connectivity index (χ3v) is 4.53. The molecule has 1 aromatic rings. The van der Waals surface area contributed by atoms with Crippen molar-refractivity contribution >= 4 is 22.5 Å². The molecule has 0 radical (unpaired) electrons. The minimum absolute atomic E-state index is 0.133. The normalized spacial score (nSPS) is 14.1. The molecule has 0 fully saturated rings. The summed E-state index contributed by atoms with van der Waals surface area (Å²) in [5, 5.41) is 18.8. The van der Waals surface area contributed by atoms with Crippen molar-refractivity contribution in [1.82, 2.24) is 0 Å². The van der Waals surface area contributed by atoms with E-state index in [1.165, 1.54) is 18.2 Å². The molecular weight excluding hydrogens is 270 g/mol. The highest BCUT2D eigenvalue weighted by Gasteiger charge is 2.29. The molecule has 0 saturated heterocycles. The Balaban J connectivity index is 2.99. The molecule has 0 aliphatic carbocycles. The lowest BCUT2D eigenvalue weighted by Gasteiger charge is -2.15. The highest BCUT2D eigenvalue weighted by atomic mass is 32.2. The Hall–Kier alpha value is -1.76. The zero-order chi connectivity index (χ0) is 14.6. The molecule has 2 unspecified atom stereocenters. The van der Waals surface area contributed by atoms with Crippen LogP contribution in [0.2, 0.25) is 0 Å². The molecule has 0 heterocycles. The van der Waals surface area contributed by atoms with Gasteiger partial charge >= 0.3 is 5.97 Å². The summed E-state index contributed by atoms with van der Waals surface area (Å²) in [7, 11) is -1.70. The maximum atomic E-state index is 12.1. The molecule has 0 aliphatic heterocycles. The molecule has 1 rings (SSSR count).